The van der Waals surface area contributed by atoms with Crippen molar-refractivity contribution in [1.29, 1.82) is 0 Å². The number of aromatic nitrogens is 1. The Kier molecular flexibility index (Phi) is 5.39. The molecular weight excluding hydrogens is 381 g/mol. The molecule has 0 atom stereocenters. The molecule has 0 spiro atoms. The Morgan fingerprint density at radius 1 is 0.926 bits per heavy atom. The fraction of sp³-hybridized carbons (Fsp3) is 0.286. The minimum absolute atomic E-state index is 0.586. The van der Waals surface area contributed by atoms with E-state index in [4.69, 9.17) is 32.6 Å². The third kappa shape index (κ3) is 3.98. The van der Waals surface area contributed by atoms with Crippen LogP contribution in [0.5, 0.6) is 0 Å². The van der Waals surface area contributed by atoms with Crippen molar-refractivity contribution in [2.45, 2.75) is 13.5 Å². The number of para-hydroxylation sites is 1. The second-order valence-corrected chi connectivity index (χ2v) is 7.53. The Balaban J connectivity index is 1.43. The Morgan fingerprint density at radius 3 is 2.30 bits per heavy atom. The van der Waals surface area contributed by atoms with Gasteiger partial charge in [-0.15, -0.1) is 0 Å². The molecular formula is C21H21Cl2N3O. The van der Waals surface area contributed by atoms with Gasteiger partial charge in [-0.05, 0) is 31.2 Å². The van der Waals surface area contributed by atoms with Gasteiger partial charge in [-0.2, -0.15) is 0 Å². The molecule has 0 saturated carbocycles. The number of anilines is 1. The average molecular weight is 402 g/mol. The van der Waals surface area contributed by atoms with Gasteiger partial charge in [0.2, 0.25) is 5.89 Å². The highest BCUT2D eigenvalue weighted by atomic mass is 35.5. The molecule has 4 nitrogen and oxygen atoms in total. The molecule has 0 radical (unpaired) electrons. The van der Waals surface area contributed by atoms with Gasteiger partial charge in [0.1, 0.15) is 5.76 Å². The Bertz CT molecular complexity index is 933. The second-order valence-electron chi connectivity index (χ2n) is 6.72. The molecule has 2 aromatic carbocycles. The van der Waals surface area contributed by atoms with Gasteiger partial charge in [0, 0.05) is 32.7 Å². The van der Waals surface area contributed by atoms with Crippen LogP contribution in [0.2, 0.25) is 10.0 Å². The van der Waals surface area contributed by atoms with Crippen LogP contribution in [0.4, 0.5) is 5.69 Å². The highest BCUT2D eigenvalue weighted by Crippen LogP contribution is 2.29. The third-order valence-corrected chi connectivity index (χ3v) is 5.58. The topological polar surface area (TPSA) is 32.5 Å². The summed E-state index contributed by atoms with van der Waals surface area (Å²) in [6, 6.07) is 15.6. The number of rotatable bonds is 4. The SMILES string of the molecule is Cc1oc(-c2ccccc2Cl)nc1CN1CCN(c2ccccc2Cl)CC1. The lowest BCUT2D eigenvalue weighted by atomic mass is 10.2. The number of aryl methyl sites for hydroxylation is 1. The van der Waals surface area contributed by atoms with Crippen LogP contribution in [-0.4, -0.2) is 36.1 Å². The van der Waals surface area contributed by atoms with Gasteiger partial charge in [-0.3, -0.25) is 4.90 Å². The van der Waals surface area contributed by atoms with Crippen molar-refractivity contribution in [3.8, 4) is 11.5 Å². The fourth-order valence-corrected chi connectivity index (χ4v) is 3.86. The Labute approximate surface area is 169 Å². The van der Waals surface area contributed by atoms with E-state index in [0.29, 0.717) is 10.9 Å². The number of halogens is 2. The molecule has 0 aliphatic carbocycles. The normalized spacial score (nSPS) is 15.3. The maximum Gasteiger partial charge on any atom is 0.228 e. The molecule has 0 bridgehead atoms. The van der Waals surface area contributed by atoms with Crippen LogP contribution < -0.4 is 4.90 Å². The molecule has 1 aliphatic rings. The lowest BCUT2D eigenvalue weighted by Crippen LogP contribution is -2.46. The first-order chi connectivity index (χ1) is 13.1. The van der Waals surface area contributed by atoms with Gasteiger partial charge in [-0.25, -0.2) is 4.98 Å². The number of nitrogens with zero attached hydrogens (tertiary/aromatic N) is 3. The standard InChI is InChI=1S/C21H21Cl2N3O/c1-15-19(24-21(27-15)16-6-2-3-7-17(16)22)14-25-10-12-26(13-11-25)20-9-5-4-8-18(20)23/h2-9H,10-14H2,1H3. The predicted octanol–water partition coefficient (Wildman–Crippen LogP) is 5.28. The summed E-state index contributed by atoms with van der Waals surface area (Å²) in [5, 5.41) is 1.46. The van der Waals surface area contributed by atoms with Crippen molar-refractivity contribution in [3.05, 3.63) is 70.0 Å². The summed E-state index contributed by atoms with van der Waals surface area (Å²) < 4.78 is 5.88. The third-order valence-electron chi connectivity index (χ3n) is 4.94. The molecule has 27 heavy (non-hydrogen) atoms. The maximum atomic E-state index is 6.33. The van der Waals surface area contributed by atoms with Crippen LogP contribution in [0, 0.1) is 6.92 Å². The zero-order valence-electron chi connectivity index (χ0n) is 15.2. The van der Waals surface area contributed by atoms with Crippen LogP contribution in [0.3, 0.4) is 0 Å². The van der Waals surface area contributed by atoms with Gasteiger partial charge >= 0.3 is 0 Å². The monoisotopic (exact) mass is 401 g/mol. The van der Waals surface area contributed by atoms with Gasteiger partial charge in [0.15, 0.2) is 0 Å². The fourth-order valence-electron chi connectivity index (χ4n) is 3.39. The smallest absolute Gasteiger partial charge is 0.228 e. The quantitative estimate of drug-likeness (QED) is 0.595. The molecule has 1 saturated heterocycles. The first kappa shape index (κ1) is 18.4. The zero-order valence-corrected chi connectivity index (χ0v) is 16.7. The first-order valence-corrected chi connectivity index (χ1v) is 9.80. The lowest BCUT2D eigenvalue weighted by Gasteiger charge is -2.36. The molecule has 4 rings (SSSR count). The lowest BCUT2D eigenvalue weighted by molar-refractivity contribution is 0.246. The molecule has 3 aromatic rings. The average Bonchev–Trinajstić information content (AvgIpc) is 3.03. The van der Waals surface area contributed by atoms with E-state index in [1.54, 1.807) is 0 Å². The van der Waals surface area contributed by atoms with Gasteiger partial charge < -0.3 is 9.32 Å². The van der Waals surface area contributed by atoms with Crippen LogP contribution in [-0.2, 0) is 6.54 Å². The molecule has 1 aliphatic heterocycles. The summed E-state index contributed by atoms with van der Waals surface area (Å²) in [6.45, 7) is 6.53. The van der Waals surface area contributed by atoms with E-state index >= 15 is 0 Å². The van der Waals surface area contributed by atoms with E-state index in [0.717, 1.165) is 60.5 Å². The molecule has 6 heteroatoms. The van der Waals surface area contributed by atoms with E-state index in [-0.39, 0.29) is 0 Å². The van der Waals surface area contributed by atoms with Crippen molar-refractivity contribution in [2.75, 3.05) is 31.1 Å². The zero-order chi connectivity index (χ0) is 18.8. The molecule has 2 heterocycles. The van der Waals surface area contributed by atoms with Gasteiger partial charge in [-0.1, -0.05) is 47.5 Å². The predicted molar refractivity (Wildman–Crippen MR) is 111 cm³/mol. The molecule has 0 amide bonds. The summed E-state index contributed by atoms with van der Waals surface area (Å²) >= 11 is 12.6. The van der Waals surface area contributed by atoms with Gasteiger partial charge in [0.25, 0.3) is 0 Å². The minimum atomic E-state index is 0.586. The molecule has 1 aromatic heterocycles. The first-order valence-electron chi connectivity index (χ1n) is 9.05. The largest absolute Gasteiger partial charge is 0.441 e. The number of benzene rings is 2. The van der Waals surface area contributed by atoms with Crippen LogP contribution in [0.15, 0.2) is 52.9 Å². The molecule has 0 N–H and O–H groups in total. The van der Waals surface area contributed by atoms with Crippen molar-refractivity contribution < 1.29 is 4.42 Å². The number of piperazine rings is 1. The Morgan fingerprint density at radius 2 is 1.59 bits per heavy atom. The number of hydrogen-bond donors (Lipinski definition) is 0. The van der Waals surface area contributed by atoms with Crippen LogP contribution in [0.1, 0.15) is 11.5 Å². The summed E-state index contributed by atoms with van der Waals surface area (Å²) in [6.07, 6.45) is 0. The number of oxazole rings is 1. The van der Waals surface area contributed by atoms with E-state index in [1.807, 2.05) is 49.4 Å². The van der Waals surface area contributed by atoms with Crippen molar-refractivity contribution in [1.82, 2.24) is 9.88 Å². The van der Waals surface area contributed by atoms with E-state index in [2.05, 4.69) is 15.9 Å². The van der Waals surface area contributed by atoms with E-state index in [1.165, 1.54) is 0 Å². The Hall–Kier alpha value is -2.01. The minimum Gasteiger partial charge on any atom is -0.441 e. The maximum absolute atomic E-state index is 6.33. The van der Waals surface area contributed by atoms with E-state index in [9.17, 15) is 0 Å². The summed E-state index contributed by atoms with van der Waals surface area (Å²) in [4.78, 5) is 9.43. The van der Waals surface area contributed by atoms with Crippen LogP contribution >= 0.6 is 23.2 Å². The highest BCUT2D eigenvalue weighted by molar-refractivity contribution is 6.33. The highest BCUT2D eigenvalue weighted by Gasteiger charge is 2.21. The summed E-state index contributed by atoms with van der Waals surface area (Å²) in [5.41, 5.74) is 2.91. The number of hydrogen-bond acceptors (Lipinski definition) is 4. The van der Waals surface area contributed by atoms with Crippen molar-refractivity contribution in [2.24, 2.45) is 0 Å². The van der Waals surface area contributed by atoms with E-state index < -0.39 is 0 Å². The second kappa shape index (κ2) is 7.93. The summed E-state index contributed by atoms with van der Waals surface area (Å²) in [7, 11) is 0. The van der Waals surface area contributed by atoms with Crippen molar-refractivity contribution >= 4 is 28.9 Å². The molecule has 1 fully saturated rings. The molecule has 140 valence electrons. The van der Waals surface area contributed by atoms with Crippen molar-refractivity contribution in [3.63, 3.8) is 0 Å². The summed E-state index contributed by atoms with van der Waals surface area (Å²) in [5.74, 6) is 1.43. The molecule has 0 unspecified atom stereocenters. The van der Waals surface area contributed by atoms with Gasteiger partial charge in [0.05, 0.1) is 27.0 Å². The van der Waals surface area contributed by atoms with Crippen LogP contribution in [0.25, 0.3) is 11.5 Å².